The van der Waals surface area contributed by atoms with Gasteiger partial charge in [0.05, 0.1) is 6.61 Å². The maximum atomic E-state index is 10.4. The van der Waals surface area contributed by atoms with Crippen LogP contribution in [-0.4, -0.2) is 19.6 Å². The van der Waals surface area contributed by atoms with Gasteiger partial charge in [-0.3, -0.25) is 4.55 Å². The number of rotatable bonds is 26. The second-order valence-corrected chi connectivity index (χ2v) is 10.5. The summed E-state index contributed by atoms with van der Waals surface area (Å²) in [5.41, 5.74) is 0. The average molecular weight is 486 g/mol. The van der Waals surface area contributed by atoms with Gasteiger partial charge < -0.3 is 0 Å². The van der Waals surface area contributed by atoms with Gasteiger partial charge in [0.2, 0.25) is 0 Å². The van der Waals surface area contributed by atoms with Gasteiger partial charge in [-0.25, -0.2) is 4.18 Å². The molecule has 0 radical (unpaired) electrons. The second kappa shape index (κ2) is 28.1. The Bertz CT molecular complexity index is 443. The number of unbranched alkanes of at least 4 members (excludes halogenated alkanes) is 23. The Morgan fingerprint density at radius 2 is 0.688 bits per heavy atom. The molecule has 0 atom stereocenters. The predicted molar refractivity (Wildman–Crippen MR) is 134 cm³/mol. The van der Waals surface area contributed by atoms with Gasteiger partial charge in [-0.2, -0.15) is 8.42 Å². The summed E-state index contributed by atoms with van der Waals surface area (Å²) < 4.78 is 33.5. The van der Waals surface area contributed by atoms with Crippen molar-refractivity contribution in [3.63, 3.8) is 0 Å². The Kier molecular flexibility index (Phi) is 30.8. The fraction of sp³-hybridized carbons (Fsp3) is 1.00. The normalized spacial score (nSPS) is 11.6. The van der Waals surface area contributed by atoms with Gasteiger partial charge in [-0.15, -0.1) is 0 Å². The van der Waals surface area contributed by atoms with Gasteiger partial charge in [0.25, 0.3) is 0 Å². The molecule has 188 valence electrons. The fourth-order valence-corrected chi connectivity index (χ4v) is 4.56. The summed E-state index contributed by atoms with van der Waals surface area (Å²) in [6.45, 7) is 2.38. The zero-order valence-electron chi connectivity index (χ0n) is 21.8. The molecule has 4 nitrogen and oxygen atoms in total. The molecule has 0 saturated heterocycles. The molecule has 0 saturated carbocycles. The van der Waals surface area contributed by atoms with Gasteiger partial charge in [0, 0.05) is 0 Å². The average Bonchev–Trinajstić information content (AvgIpc) is 2.73. The number of hydrogen-bond acceptors (Lipinski definition) is 3. The van der Waals surface area contributed by atoms with E-state index in [9.17, 15) is 8.42 Å². The molecule has 0 bridgehead atoms. The SMILES string of the molecule is CCCCCCCCCCCCCCCCCCCCCCCCCCOS(=O)(=O)O.[Na+]. The van der Waals surface area contributed by atoms with Crippen molar-refractivity contribution in [2.45, 2.75) is 161 Å². The predicted octanol–water partition coefficient (Wildman–Crippen LogP) is 6.19. The van der Waals surface area contributed by atoms with Crippen LogP contribution in [0.3, 0.4) is 0 Å². The van der Waals surface area contributed by atoms with Crippen molar-refractivity contribution in [2.75, 3.05) is 6.61 Å². The summed E-state index contributed by atoms with van der Waals surface area (Å²) in [5.74, 6) is 0. The minimum atomic E-state index is -4.25. The molecule has 0 unspecified atom stereocenters. The van der Waals surface area contributed by atoms with Crippen molar-refractivity contribution in [3.8, 4) is 0 Å². The smallest absolute Gasteiger partial charge is 0.264 e. The van der Waals surface area contributed by atoms with Crippen molar-refractivity contribution in [1.82, 2.24) is 0 Å². The Morgan fingerprint density at radius 3 is 0.906 bits per heavy atom. The van der Waals surface area contributed by atoms with Crippen molar-refractivity contribution >= 4 is 10.4 Å². The largest absolute Gasteiger partial charge is 1.00 e. The van der Waals surface area contributed by atoms with E-state index in [1.54, 1.807) is 0 Å². The zero-order chi connectivity index (χ0) is 22.9. The van der Waals surface area contributed by atoms with E-state index in [0.29, 0.717) is 6.42 Å². The first-order chi connectivity index (χ1) is 15.1. The third-order valence-electron chi connectivity index (χ3n) is 6.23. The molecular weight excluding hydrogens is 431 g/mol. The van der Waals surface area contributed by atoms with Crippen LogP contribution in [0.15, 0.2) is 0 Å². The van der Waals surface area contributed by atoms with Crippen LogP contribution < -0.4 is 29.6 Å². The van der Waals surface area contributed by atoms with Crippen LogP contribution in [0.4, 0.5) is 0 Å². The molecule has 32 heavy (non-hydrogen) atoms. The molecule has 0 fully saturated rings. The first-order valence-electron chi connectivity index (χ1n) is 13.7. The first-order valence-corrected chi connectivity index (χ1v) is 15.0. The Labute approximate surface area is 223 Å². The summed E-state index contributed by atoms with van der Waals surface area (Å²) in [4.78, 5) is 0. The molecule has 0 aromatic heterocycles. The van der Waals surface area contributed by atoms with Crippen LogP contribution in [0.2, 0.25) is 0 Å². The molecule has 0 spiro atoms. The molecular formula is C26H54NaO4S+. The molecule has 0 aromatic rings. The molecule has 1 N–H and O–H groups in total. The Hall–Kier alpha value is 0.870. The maximum absolute atomic E-state index is 10.4. The fourth-order valence-electron chi connectivity index (χ4n) is 4.23. The maximum Gasteiger partial charge on any atom is 1.00 e. The molecule has 0 heterocycles. The Balaban J connectivity index is 0. The first kappa shape index (κ1) is 35.0. The molecule has 0 aliphatic carbocycles. The van der Waals surface area contributed by atoms with Crippen molar-refractivity contribution < 1.29 is 46.7 Å². The van der Waals surface area contributed by atoms with Crippen molar-refractivity contribution in [3.05, 3.63) is 0 Å². The van der Waals surface area contributed by atoms with Crippen LogP contribution in [0.25, 0.3) is 0 Å². The van der Waals surface area contributed by atoms with Crippen LogP contribution in [0.1, 0.15) is 161 Å². The molecule has 0 rings (SSSR count). The topological polar surface area (TPSA) is 63.6 Å². The molecule has 0 aliphatic heterocycles. The van der Waals surface area contributed by atoms with E-state index in [-0.39, 0.29) is 36.2 Å². The van der Waals surface area contributed by atoms with E-state index in [4.69, 9.17) is 4.55 Å². The molecule has 6 heteroatoms. The number of hydrogen-bond donors (Lipinski definition) is 1. The van der Waals surface area contributed by atoms with Crippen LogP contribution in [-0.2, 0) is 14.6 Å². The van der Waals surface area contributed by atoms with Crippen molar-refractivity contribution in [1.29, 1.82) is 0 Å². The van der Waals surface area contributed by atoms with Crippen LogP contribution in [0, 0.1) is 0 Å². The quantitative estimate of drug-likeness (QED) is 0.0901. The summed E-state index contributed by atoms with van der Waals surface area (Å²) in [6, 6.07) is 0. The standard InChI is InChI=1S/C26H54O4S.Na/c1-2-3-4-5-6-7-8-9-10-11-12-13-14-15-16-17-18-19-20-21-22-23-24-25-26-30-31(27,28)29;/h2-26H2,1H3,(H,27,28,29);/q;+1. The minimum Gasteiger partial charge on any atom is -0.264 e. The van der Waals surface area contributed by atoms with Gasteiger partial charge in [-0.05, 0) is 6.42 Å². The third kappa shape index (κ3) is 33.0. The van der Waals surface area contributed by atoms with Crippen molar-refractivity contribution in [2.24, 2.45) is 0 Å². The second-order valence-electron chi connectivity index (χ2n) is 9.38. The van der Waals surface area contributed by atoms with Gasteiger partial charge in [0.15, 0.2) is 0 Å². The zero-order valence-corrected chi connectivity index (χ0v) is 24.6. The Morgan fingerprint density at radius 1 is 0.469 bits per heavy atom. The van der Waals surface area contributed by atoms with E-state index in [1.165, 1.54) is 135 Å². The van der Waals surface area contributed by atoms with E-state index >= 15 is 0 Å². The third-order valence-corrected chi connectivity index (χ3v) is 6.69. The van der Waals surface area contributed by atoms with E-state index < -0.39 is 10.4 Å². The minimum absolute atomic E-state index is 0. The van der Waals surface area contributed by atoms with E-state index in [0.717, 1.165) is 12.8 Å². The summed E-state index contributed by atoms with van der Waals surface area (Å²) in [6.07, 6.45) is 32.2. The van der Waals surface area contributed by atoms with Gasteiger partial charge in [-0.1, -0.05) is 155 Å². The summed E-state index contributed by atoms with van der Waals surface area (Å²) in [7, 11) is -4.25. The van der Waals surface area contributed by atoms with Gasteiger partial charge in [0.1, 0.15) is 0 Å². The summed E-state index contributed by atoms with van der Waals surface area (Å²) >= 11 is 0. The van der Waals surface area contributed by atoms with Crippen LogP contribution in [0.5, 0.6) is 0 Å². The summed E-state index contributed by atoms with van der Waals surface area (Å²) in [5, 5.41) is 0. The van der Waals surface area contributed by atoms with Gasteiger partial charge >= 0.3 is 40.0 Å². The van der Waals surface area contributed by atoms with E-state index in [2.05, 4.69) is 11.1 Å². The van der Waals surface area contributed by atoms with E-state index in [1.807, 2.05) is 0 Å². The molecule has 0 aromatic carbocycles. The molecule has 0 amide bonds. The van der Waals surface area contributed by atoms with Crippen LogP contribution >= 0.6 is 0 Å². The molecule has 0 aliphatic rings. The monoisotopic (exact) mass is 485 g/mol.